The normalized spacial score (nSPS) is 12.5. The minimum atomic E-state index is -3.94. The molecule has 0 aliphatic carbocycles. The third-order valence-electron chi connectivity index (χ3n) is 4.73. The highest BCUT2D eigenvalue weighted by Gasteiger charge is 2.30. The van der Waals surface area contributed by atoms with E-state index in [-0.39, 0.29) is 17.3 Å². The van der Waals surface area contributed by atoms with E-state index in [1.807, 2.05) is 0 Å². The summed E-state index contributed by atoms with van der Waals surface area (Å²) in [6.45, 7) is 3.32. The Morgan fingerprint density at radius 3 is 2.22 bits per heavy atom. The zero-order valence-corrected chi connectivity index (χ0v) is 20.9. The number of nitrogens with zero attached hydrogens (tertiary/aromatic N) is 2. The van der Waals surface area contributed by atoms with Gasteiger partial charge in [-0.1, -0.05) is 40.9 Å². The highest BCUT2D eigenvalue weighted by Crippen LogP contribution is 2.24. The summed E-state index contributed by atoms with van der Waals surface area (Å²) in [5.74, 6) is -0.904. The number of amides is 2. The fourth-order valence-corrected chi connectivity index (χ4v) is 4.46. The summed E-state index contributed by atoms with van der Waals surface area (Å²) in [5.41, 5.74) is 0.645. The Morgan fingerprint density at radius 1 is 1.03 bits per heavy atom. The summed E-state index contributed by atoms with van der Waals surface area (Å²) in [6.07, 6.45) is 0. The van der Waals surface area contributed by atoms with Crippen LogP contribution in [0.4, 0.5) is 0 Å². The van der Waals surface area contributed by atoms with Crippen molar-refractivity contribution in [2.75, 3.05) is 20.1 Å². The van der Waals surface area contributed by atoms with Gasteiger partial charge in [-0.3, -0.25) is 9.59 Å². The SMILES string of the molecule is CCNC(=O)[C@H](C)N(Cc1ccc(Cl)c(Cl)c1)C(=O)CN(C)S(=O)(=O)c1ccc(Cl)cc1. The lowest BCUT2D eigenvalue weighted by molar-refractivity contribution is -0.140. The van der Waals surface area contributed by atoms with E-state index in [0.29, 0.717) is 27.2 Å². The fraction of sp³-hybridized carbons (Fsp3) is 0.333. The fourth-order valence-electron chi connectivity index (χ4n) is 2.89. The van der Waals surface area contributed by atoms with Crippen LogP contribution >= 0.6 is 34.8 Å². The number of halogens is 3. The molecule has 2 rings (SSSR count). The Morgan fingerprint density at radius 2 is 1.66 bits per heavy atom. The van der Waals surface area contributed by atoms with Crippen molar-refractivity contribution in [3.8, 4) is 0 Å². The summed E-state index contributed by atoms with van der Waals surface area (Å²) in [4.78, 5) is 26.9. The summed E-state index contributed by atoms with van der Waals surface area (Å²) in [5, 5.41) is 3.74. The molecule has 0 aliphatic rings. The molecule has 11 heteroatoms. The molecule has 0 aliphatic heterocycles. The molecule has 1 N–H and O–H groups in total. The molecule has 0 bridgehead atoms. The molecule has 1 atom stereocenters. The first-order chi connectivity index (χ1) is 15.0. The lowest BCUT2D eigenvalue weighted by Gasteiger charge is -2.30. The molecule has 0 heterocycles. The second-order valence-electron chi connectivity index (χ2n) is 7.06. The molecule has 32 heavy (non-hydrogen) atoms. The van der Waals surface area contributed by atoms with Crippen molar-refractivity contribution in [2.45, 2.75) is 31.3 Å². The number of rotatable bonds is 9. The molecule has 0 fully saturated rings. The summed E-state index contributed by atoms with van der Waals surface area (Å²) in [7, 11) is -2.64. The van der Waals surface area contributed by atoms with Gasteiger partial charge in [-0.15, -0.1) is 0 Å². The molecular formula is C21H24Cl3N3O4S. The number of carbonyl (C=O) groups excluding carboxylic acids is 2. The summed E-state index contributed by atoms with van der Waals surface area (Å²) in [6, 6.07) is 9.68. The van der Waals surface area contributed by atoms with Crippen LogP contribution in [0.2, 0.25) is 15.1 Å². The van der Waals surface area contributed by atoms with Crippen molar-refractivity contribution in [1.82, 2.24) is 14.5 Å². The predicted molar refractivity (Wildman–Crippen MR) is 126 cm³/mol. The maximum Gasteiger partial charge on any atom is 0.243 e. The minimum Gasteiger partial charge on any atom is -0.355 e. The van der Waals surface area contributed by atoms with Gasteiger partial charge in [-0.05, 0) is 55.8 Å². The third-order valence-corrected chi connectivity index (χ3v) is 7.54. The van der Waals surface area contributed by atoms with E-state index in [4.69, 9.17) is 34.8 Å². The number of hydrogen-bond donors (Lipinski definition) is 1. The van der Waals surface area contributed by atoms with Crippen molar-refractivity contribution in [2.24, 2.45) is 0 Å². The quantitative estimate of drug-likeness (QED) is 0.544. The molecule has 0 aromatic heterocycles. The van der Waals surface area contributed by atoms with E-state index in [0.717, 1.165) is 4.31 Å². The second kappa shape index (κ2) is 11.3. The Balaban J connectivity index is 2.28. The molecule has 0 saturated heterocycles. The monoisotopic (exact) mass is 519 g/mol. The number of benzene rings is 2. The van der Waals surface area contributed by atoms with Gasteiger partial charge in [0.25, 0.3) is 0 Å². The van der Waals surface area contributed by atoms with E-state index < -0.39 is 28.5 Å². The van der Waals surface area contributed by atoms with E-state index in [2.05, 4.69) is 5.32 Å². The second-order valence-corrected chi connectivity index (χ2v) is 10.4. The number of sulfonamides is 1. The highest BCUT2D eigenvalue weighted by molar-refractivity contribution is 7.89. The van der Waals surface area contributed by atoms with Crippen molar-refractivity contribution in [3.63, 3.8) is 0 Å². The van der Waals surface area contributed by atoms with Crippen LogP contribution in [0.3, 0.4) is 0 Å². The largest absolute Gasteiger partial charge is 0.355 e. The molecule has 2 aromatic rings. The number of nitrogens with one attached hydrogen (secondary N) is 1. The van der Waals surface area contributed by atoms with Crippen molar-refractivity contribution in [3.05, 3.63) is 63.1 Å². The van der Waals surface area contributed by atoms with E-state index in [9.17, 15) is 18.0 Å². The first kappa shape index (κ1) is 26.4. The Labute approximate surface area is 203 Å². The zero-order chi connectivity index (χ0) is 24.1. The zero-order valence-electron chi connectivity index (χ0n) is 17.8. The molecule has 7 nitrogen and oxygen atoms in total. The average Bonchev–Trinajstić information content (AvgIpc) is 2.74. The Hall–Kier alpha value is -1.84. The van der Waals surface area contributed by atoms with Crippen LogP contribution < -0.4 is 5.32 Å². The van der Waals surface area contributed by atoms with Gasteiger partial charge in [0.1, 0.15) is 6.04 Å². The van der Waals surface area contributed by atoms with Crippen LogP contribution in [0.25, 0.3) is 0 Å². The number of carbonyl (C=O) groups is 2. The summed E-state index contributed by atoms with van der Waals surface area (Å²) >= 11 is 17.9. The molecule has 0 spiro atoms. The van der Waals surface area contributed by atoms with E-state index >= 15 is 0 Å². The molecule has 0 radical (unpaired) electrons. The van der Waals surface area contributed by atoms with Gasteiger partial charge in [0.15, 0.2) is 0 Å². The minimum absolute atomic E-state index is 0.00464. The van der Waals surface area contributed by atoms with Crippen molar-refractivity contribution >= 4 is 56.6 Å². The van der Waals surface area contributed by atoms with E-state index in [1.54, 1.807) is 32.0 Å². The van der Waals surface area contributed by atoms with Gasteiger partial charge in [-0.25, -0.2) is 8.42 Å². The van der Waals surface area contributed by atoms with Crippen LogP contribution in [-0.4, -0.2) is 55.6 Å². The van der Waals surface area contributed by atoms with Crippen LogP contribution in [0.15, 0.2) is 47.4 Å². The third kappa shape index (κ3) is 6.59. The van der Waals surface area contributed by atoms with Gasteiger partial charge >= 0.3 is 0 Å². The van der Waals surface area contributed by atoms with Gasteiger partial charge in [0, 0.05) is 25.2 Å². The molecule has 0 saturated carbocycles. The van der Waals surface area contributed by atoms with Gasteiger partial charge in [-0.2, -0.15) is 4.31 Å². The molecular weight excluding hydrogens is 497 g/mol. The van der Waals surface area contributed by atoms with Crippen molar-refractivity contribution in [1.29, 1.82) is 0 Å². The summed E-state index contributed by atoms with van der Waals surface area (Å²) < 4.78 is 26.6. The van der Waals surface area contributed by atoms with E-state index in [1.165, 1.54) is 36.2 Å². The van der Waals surface area contributed by atoms with Crippen molar-refractivity contribution < 1.29 is 18.0 Å². The Kier molecular flexibility index (Phi) is 9.36. The van der Waals surface area contributed by atoms with Crippen LogP contribution in [0, 0.1) is 0 Å². The lowest BCUT2D eigenvalue weighted by Crippen LogP contribution is -2.50. The number of hydrogen-bond acceptors (Lipinski definition) is 4. The highest BCUT2D eigenvalue weighted by atomic mass is 35.5. The first-order valence-corrected chi connectivity index (χ1v) is 12.3. The van der Waals surface area contributed by atoms with Gasteiger partial charge in [0.05, 0.1) is 21.5 Å². The van der Waals surface area contributed by atoms with Gasteiger partial charge < -0.3 is 10.2 Å². The predicted octanol–water partition coefficient (Wildman–Crippen LogP) is 3.82. The topological polar surface area (TPSA) is 86.8 Å². The molecule has 0 unspecified atom stereocenters. The maximum atomic E-state index is 13.2. The standard InChI is InChI=1S/C21H24Cl3N3O4S/c1-4-25-21(29)14(2)27(12-15-5-10-18(23)19(24)11-15)20(28)13-26(3)32(30,31)17-8-6-16(22)7-9-17/h5-11,14H,4,12-13H2,1-3H3,(H,25,29)/t14-/m0/s1. The van der Waals surface area contributed by atoms with Gasteiger partial charge in [0.2, 0.25) is 21.8 Å². The molecule has 2 aromatic carbocycles. The lowest BCUT2D eigenvalue weighted by atomic mass is 10.1. The smallest absolute Gasteiger partial charge is 0.243 e. The number of likely N-dealkylation sites (N-methyl/N-ethyl adjacent to an activating group) is 2. The van der Waals surface area contributed by atoms with Crippen LogP contribution in [-0.2, 0) is 26.2 Å². The molecule has 174 valence electrons. The average molecular weight is 521 g/mol. The molecule has 2 amide bonds. The van der Waals surface area contributed by atoms with Crippen LogP contribution in [0.1, 0.15) is 19.4 Å². The van der Waals surface area contributed by atoms with Crippen LogP contribution in [0.5, 0.6) is 0 Å². The Bertz CT molecular complexity index is 1080. The maximum absolute atomic E-state index is 13.2. The first-order valence-electron chi connectivity index (χ1n) is 9.70.